The first-order chi connectivity index (χ1) is 13.7. The van der Waals surface area contributed by atoms with Gasteiger partial charge in [0.25, 0.3) is 0 Å². The maximum Gasteiger partial charge on any atom is 0.210 e. The molecule has 28 heavy (non-hydrogen) atoms. The summed E-state index contributed by atoms with van der Waals surface area (Å²) in [5.74, 6) is 2.69. The van der Waals surface area contributed by atoms with Gasteiger partial charge in [-0.1, -0.05) is 97.2 Å². The molecule has 4 rings (SSSR count). The predicted octanol–water partition coefficient (Wildman–Crippen LogP) is 6.90. The number of hydrazone groups is 1. The largest absolute Gasteiger partial charge is 0.301 e. The van der Waals surface area contributed by atoms with Crippen molar-refractivity contribution < 1.29 is 4.57 Å². The molecule has 1 unspecified atom stereocenters. The number of hydrogen-bond donors (Lipinski definition) is 0. The molecule has 3 nitrogen and oxygen atoms in total. The summed E-state index contributed by atoms with van der Waals surface area (Å²) in [4.78, 5) is 0. The molecule has 3 aromatic rings. The van der Waals surface area contributed by atoms with E-state index in [4.69, 9.17) is 5.10 Å². The number of benzene rings is 3. The molecule has 0 fully saturated rings. The van der Waals surface area contributed by atoms with Crippen molar-refractivity contribution in [2.75, 3.05) is 10.8 Å². The highest BCUT2D eigenvalue weighted by Gasteiger charge is 2.35. The molecule has 0 saturated heterocycles. The van der Waals surface area contributed by atoms with Crippen LogP contribution in [0.3, 0.4) is 0 Å². The molecule has 1 atom stereocenters. The lowest BCUT2D eigenvalue weighted by molar-refractivity contribution is 0.596. The van der Waals surface area contributed by atoms with Gasteiger partial charge in [-0.2, -0.15) is 5.10 Å². The highest BCUT2D eigenvalue weighted by molar-refractivity contribution is 8.64. The first-order valence-electron chi connectivity index (χ1n) is 9.23. The molecule has 0 amide bonds. The van der Waals surface area contributed by atoms with Gasteiger partial charge in [0.2, 0.25) is 6.34 Å². The molecule has 1 aliphatic heterocycles. The van der Waals surface area contributed by atoms with Crippen molar-refractivity contribution in [1.82, 2.24) is 0 Å². The van der Waals surface area contributed by atoms with Crippen molar-refractivity contribution in [3.05, 3.63) is 108 Å². The van der Waals surface area contributed by atoms with Gasteiger partial charge in [0.15, 0.2) is 0 Å². The van der Waals surface area contributed by atoms with Gasteiger partial charge in [0.1, 0.15) is 5.45 Å². The van der Waals surface area contributed by atoms with E-state index in [1.807, 2.05) is 109 Å². The van der Waals surface area contributed by atoms with Gasteiger partial charge in [-0.15, -0.1) is 0 Å². The molecule has 0 N–H and O–H groups in total. The van der Waals surface area contributed by atoms with E-state index in [0.717, 1.165) is 28.3 Å². The third-order valence-corrected chi connectivity index (χ3v) is 9.36. The normalized spacial score (nSPS) is 19.1. The molecule has 1 aliphatic rings. The Hall–Kier alpha value is -2.55. The Morgan fingerprint density at radius 1 is 0.821 bits per heavy atom. The van der Waals surface area contributed by atoms with Crippen molar-refractivity contribution in [3.63, 3.8) is 0 Å². The lowest BCUT2D eigenvalue weighted by Crippen LogP contribution is -2.21. The first kappa shape index (κ1) is 18.8. The quantitative estimate of drug-likeness (QED) is 0.434. The van der Waals surface area contributed by atoms with Crippen LogP contribution < -0.4 is 5.01 Å². The molecule has 5 heteroatoms. The average Bonchev–Trinajstić information content (AvgIpc) is 2.75. The number of rotatable bonds is 5. The van der Waals surface area contributed by atoms with E-state index in [1.165, 1.54) is 11.4 Å². The highest BCUT2D eigenvalue weighted by Crippen LogP contribution is 2.65. The van der Waals surface area contributed by atoms with Gasteiger partial charge >= 0.3 is 0 Å². The number of anilines is 1. The van der Waals surface area contributed by atoms with Crippen molar-refractivity contribution in [1.29, 1.82) is 0 Å². The first-order valence-corrected chi connectivity index (χ1v) is 12.6. The van der Waals surface area contributed by atoms with E-state index in [-0.39, 0.29) is 0 Å². The van der Waals surface area contributed by atoms with Crippen LogP contribution in [0, 0.1) is 0 Å². The van der Waals surface area contributed by atoms with Crippen LogP contribution >= 0.6 is 17.7 Å². The van der Waals surface area contributed by atoms with Crippen LogP contribution in [0.4, 0.5) is 5.69 Å². The zero-order chi connectivity index (χ0) is 19.4. The Kier molecular flexibility index (Phi) is 5.52. The lowest BCUT2D eigenvalue weighted by atomic mass is 10.1. The molecular weight excluding hydrogens is 383 g/mol. The summed E-state index contributed by atoms with van der Waals surface area (Å²) >= 11 is 1.47. The van der Waals surface area contributed by atoms with Crippen molar-refractivity contribution >= 4 is 34.6 Å². The Morgan fingerprint density at radius 2 is 1.36 bits per heavy atom. The second kappa shape index (κ2) is 8.22. The molecule has 0 aromatic heterocycles. The van der Waals surface area contributed by atoms with Crippen LogP contribution in [0.5, 0.6) is 0 Å². The molecule has 140 valence electrons. The van der Waals surface area contributed by atoms with Gasteiger partial charge in [0, 0.05) is 16.9 Å². The minimum Gasteiger partial charge on any atom is -0.301 e. The second-order valence-corrected chi connectivity index (χ2v) is 11.4. The smallest absolute Gasteiger partial charge is 0.210 e. The molecule has 0 saturated carbocycles. The minimum atomic E-state index is -2.86. The van der Waals surface area contributed by atoms with Gasteiger partial charge in [0.05, 0.1) is 11.4 Å². The molecule has 3 aromatic carbocycles. The molecular formula is C23H21N2OPS. The Morgan fingerprint density at radius 3 is 1.93 bits per heavy atom. The maximum absolute atomic E-state index is 14.1. The summed E-state index contributed by atoms with van der Waals surface area (Å²) in [6.45, 7) is 2.03. The number of para-hydroxylation sites is 1. The molecule has 1 heterocycles. The Bertz CT molecular complexity index is 1050. The van der Waals surface area contributed by atoms with Crippen LogP contribution in [-0.4, -0.2) is 11.2 Å². The Balaban J connectivity index is 1.93. The third kappa shape index (κ3) is 3.71. The topological polar surface area (TPSA) is 32.7 Å². The van der Waals surface area contributed by atoms with Gasteiger partial charge < -0.3 is 4.57 Å². The fourth-order valence-electron chi connectivity index (χ4n) is 3.17. The maximum atomic E-state index is 14.1. The average molecular weight is 404 g/mol. The van der Waals surface area contributed by atoms with Crippen LogP contribution in [0.25, 0.3) is 5.70 Å². The Labute approximate surface area is 169 Å². The number of hydrogen-bond acceptors (Lipinski definition) is 4. The fraction of sp³-hybridized carbons (Fsp3) is 0.0870. The van der Waals surface area contributed by atoms with Crippen LogP contribution in [0.2, 0.25) is 0 Å². The van der Waals surface area contributed by atoms with Crippen molar-refractivity contribution in [3.8, 4) is 0 Å². The predicted molar refractivity (Wildman–Crippen MR) is 122 cm³/mol. The van der Waals surface area contributed by atoms with E-state index in [1.54, 1.807) is 0 Å². The van der Waals surface area contributed by atoms with Gasteiger partial charge in [-0.3, -0.25) is 0 Å². The standard InChI is InChI=1S/C23H21N2OPS/c1-2-28-27(26)18-22(19-12-6-3-7-13-19)25(21-16-10-5-11-17-21)24-23(27)20-14-8-4-9-15-20/h3-18H,2H2,1H3. The van der Waals surface area contributed by atoms with Crippen molar-refractivity contribution in [2.45, 2.75) is 6.92 Å². The monoisotopic (exact) mass is 404 g/mol. The van der Waals surface area contributed by atoms with Gasteiger partial charge in [-0.05, 0) is 17.9 Å². The van der Waals surface area contributed by atoms with E-state index >= 15 is 0 Å². The van der Waals surface area contributed by atoms with E-state index < -0.39 is 6.34 Å². The van der Waals surface area contributed by atoms with E-state index in [0.29, 0.717) is 5.45 Å². The zero-order valence-corrected chi connectivity index (χ0v) is 17.3. The molecule has 0 spiro atoms. The fourth-order valence-corrected chi connectivity index (χ4v) is 7.65. The molecule has 0 aliphatic carbocycles. The minimum absolute atomic E-state index is 0.642. The summed E-state index contributed by atoms with van der Waals surface area (Å²) in [5, 5.41) is 6.86. The summed E-state index contributed by atoms with van der Waals surface area (Å²) in [6, 6.07) is 29.9. The SMILES string of the molecule is CCSP1(=O)C=C(c2ccccc2)N(c2ccccc2)N=C1c1ccccc1. The summed E-state index contributed by atoms with van der Waals surface area (Å²) in [6.07, 6.45) is -2.86. The third-order valence-electron chi connectivity index (χ3n) is 4.43. The van der Waals surface area contributed by atoms with Crippen LogP contribution in [-0.2, 0) is 4.57 Å². The van der Waals surface area contributed by atoms with Crippen molar-refractivity contribution in [2.24, 2.45) is 5.10 Å². The van der Waals surface area contributed by atoms with Crippen LogP contribution in [0.15, 0.2) is 102 Å². The summed E-state index contributed by atoms with van der Waals surface area (Å²) < 4.78 is 14.1. The second-order valence-electron chi connectivity index (χ2n) is 6.33. The zero-order valence-electron chi connectivity index (χ0n) is 15.6. The highest BCUT2D eigenvalue weighted by atomic mass is 32.7. The molecule has 0 bridgehead atoms. The summed E-state index contributed by atoms with van der Waals surface area (Å²) in [5.41, 5.74) is 4.34. The van der Waals surface area contributed by atoms with Crippen LogP contribution in [0.1, 0.15) is 18.1 Å². The number of nitrogens with zero attached hydrogens (tertiary/aromatic N) is 2. The summed E-state index contributed by atoms with van der Waals surface area (Å²) in [7, 11) is 0. The molecule has 0 radical (unpaired) electrons. The van der Waals surface area contributed by atoms with E-state index in [9.17, 15) is 4.57 Å². The lowest BCUT2D eigenvalue weighted by Gasteiger charge is -2.31. The van der Waals surface area contributed by atoms with Gasteiger partial charge in [-0.25, -0.2) is 5.01 Å². The van der Waals surface area contributed by atoms with E-state index in [2.05, 4.69) is 0 Å².